The molecule has 1 unspecified atom stereocenters. The number of anilines is 3. The summed E-state index contributed by atoms with van der Waals surface area (Å²) >= 11 is 0. The van der Waals surface area contributed by atoms with Crippen molar-refractivity contribution in [3.05, 3.63) is 89.1 Å². The molecule has 14 heteroatoms. The number of nitriles is 1. The first kappa shape index (κ1) is 41.2. The quantitative estimate of drug-likeness (QED) is 0.113. The van der Waals surface area contributed by atoms with E-state index in [-0.39, 0.29) is 34.4 Å². The first-order valence-corrected chi connectivity index (χ1v) is 19.1. The molecule has 2 amide bonds. The van der Waals surface area contributed by atoms with E-state index in [2.05, 4.69) is 15.6 Å². The second-order valence-electron chi connectivity index (χ2n) is 14.8. The summed E-state index contributed by atoms with van der Waals surface area (Å²) in [6, 6.07) is 17.3. The van der Waals surface area contributed by atoms with E-state index in [1.54, 1.807) is 71.9 Å². The molecule has 0 aliphatic heterocycles. The third-order valence-electron chi connectivity index (χ3n) is 8.07. The number of nitrogens with one attached hydrogen (secondary N) is 2. The number of hydrogen-bond acceptors (Lipinski definition) is 10. The lowest BCUT2D eigenvalue weighted by Gasteiger charge is -2.31. The van der Waals surface area contributed by atoms with Gasteiger partial charge in [-0.05, 0) is 126 Å². The third-order valence-corrected chi connectivity index (χ3v) is 9.85. The second kappa shape index (κ2) is 16.7. The maximum atomic E-state index is 13.2. The Labute approximate surface area is 316 Å². The van der Waals surface area contributed by atoms with Gasteiger partial charge >= 0.3 is 12.1 Å². The average molecular weight is 758 g/mol. The van der Waals surface area contributed by atoms with Crippen molar-refractivity contribution < 1.29 is 37.5 Å². The number of nitrogens with zero attached hydrogens (tertiary/aromatic N) is 3. The number of pyridine rings is 1. The zero-order valence-electron chi connectivity index (χ0n) is 31.8. The lowest BCUT2D eigenvalue weighted by molar-refractivity contribution is -0.138. The zero-order valence-corrected chi connectivity index (χ0v) is 32.6. The van der Waals surface area contributed by atoms with E-state index in [1.807, 2.05) is 25.1 Å². The number of ether oxygens (including phenoxy) is 1. The van der Waals surface area contributed by atoms with Crippen LogP contribution >= 0.6 is 0 Å². The van der Waals surface area contributed by atoms with Gasteiger partial charge in [0.2, 0.25) is 5.91 Å². The van der Waals surface area contributed by atoms with Crippen LogP contribution in [0.4, 0.5) is 22.0 Å². The SMILES string of the molecule is CCS(=O)(=O)c1ccc(NC(=O)CCCc2ccc(C(Nc3ccc4c(N(OC(C)(C)C)C(=O)OC(C)(C)C)nccc4c3)C(=O)O)cc2C)cc1C#N. The minimum absolute atomic E-state index is 0.0279. The number of carboxylic acid groups (broad SMARTS) is 1. The van der Waals surface area contributed by atoms with Crippen molar-refractivity contribution in [3.8, 4) is 6.07 Å². The van der Waals surface area contributed by atoms with E-state index in [4.69, 9.17) is 9.57 Å². The highest BCUT2D eigenvalue weighted by atomic mass is 32.2. The fraction of sp³-hybridized carbons (Fsp3) is 0.375. The fourth-order valence-corrected chi connectivity index (χ4v) is 6.60. The molecule has 0 radical (unpaired) electrons. The molecule has 3 N–H and O–H groups in total. The molecular formula is C40H47N5O8S. The first-order chi connectivity index (χ1) is 25.2. The zero-order chi connectivity index (χ0) is 40.0. The van der Waals surface area contributed by atoms with Crippen LogP contribution in [0.25, 0.3) is 10.8 Å². The number of aliphatic carboxylic acids is 1. The number of carbonyl (C=O) groups excluding carboxylic acids is 2. The normalized spacial score (nSPS) is 12.4. The second-order valence-corrected chi connectivity index (χ2v) is 17.0. The van der Waals surface area contributed by atoms with E-state index in [1.165, 1.54) is 31.3 Å². The van der Waals surface area contributed by atoms with Gasteiger partial charge in [0.15, 0.2) is 21.7 Å². The summed E-state index contributed by atoms with van der Waals surface area (Å²) in [4.78, 5) is 48.7. The summed E-state index contributed by atoms with van der Waals surface area (Å²) in [7, 11) is -3.58. The fourth-order valence-electron chi connectivity index (χ4n) is 5.58. The predicted octanol–water partition coefficient (Wildman–Crippen LogP) is 7.88. The molecule has 0 spiro atoms. The first-order valence-electron chi connectivity index (χ1n) is 17.5. The van der Waals surface area contributed by atoms with Crippen molar-refractivity contribution >= 4 is 55.8 Å². The van der Waals surface area contributed by atoms with Crippen LogP contribution in [0.15, 0.2) is 71.8 Å². The van der Waals surface area contributed by atoms with Crippen molar-refractivity contribution in [1.82, 2.24) is 4.98 Å². The number of carboxylic acids is 1. The van der Waals surface area contributed by atoms with Gasteiger partial charge in [-0.1, -0.05) is 25.1 Å². The molecule has 286 valence electrons. The van der Waals surface area contributed by atoms with Gasteiger partial charge in [0.1, 0.15) is 11.7 Å². The number of fused-ring (bicyclic) bond motifs is 1. The largest absolute Gasteiger partial charge is 0.479 e. The van der Waals surface area contributed by atoms with Crippen molar-refractivity contribution in [2.45, 2.75) is 96.8 Å². The van der Waals surface area contributed by atoms with Crippen LogP contribution in [0.2, 0.25) is 0 Å². The standard InChI is InChI=1S/C40H47N5O8S/c1-9-54(50,51)33-18-16-30(23-29(33)24-41)43-34(46)12-10-11-26-13-14-28(21-25(26)2)35(37(47)48)44-31-15-17-32-27(22-31)19-20-42-36(32)45(53-40(6,7)8)38(49)52-39(3,4)5/h13-23,35,44H,9-12H2,1-8H3,(H,43,46)(H,47,48). The van der Waals surface area contributed by atoms with Crippen LogP contribution in [0.1, 0.15) is 89.6 Å². The van der Waals surface area contributed by atoms with Crippen molar-refractivity contribution in [3.63, 3.8) is 0 Å². The van der Waals surface area contributed by atoms with E-state index in [9.17, 15) is 33.2 Å². The number of aromatic nitrogens is 1. The van der Waals surface area contributed by atoms with Crippen LogP contribution in [-0.2, 0) is 35.4 Å². The number of hydrogen-bond donors (Lipinski definition) is 3. The Bertz CT molecular complexity index is 2200. The molecule has 0 saturated heterocycles. The lowest BCUT2D eigenvalue weighted by atomic mass is 9.97. The molecule has 1 atom stereocenters. The minimum atomic E-state index is -3.58. The third kappa shape index (κ3) is 10.8. The van der Waals surface area contributed by atoms with Crippen LogP contribution < -0.4 is 15.7 Å². The Morgan fingerprint density at radius 2 is 1.67 bits per heavy atom. The Hall–Kier alpha value is -5.52. The van der Waals surface area contributed by atoms with E-state index in [0.717, 1.165) is 16.2 Å². The number of hydroxylamine groups is 1. The van der Waals surface area contributed by atoms with E-state index < -0.39 is 39.1 Å². The van der Waals surface area contributed by atoms with Crippen LogP contribution in [0.5, 0.6) is 0 Å². The smallest absolute Gasteiger partial charge is 0.440 e. The highest BCUT2D eigenvalue weighted by molar-refractivity contribution is 7.91. The number of carbonyl (C=O) groups is 3. The maximum absolute atomic E-state index is 13.2. The number of amides is 2. The molecule has 0 aliphatic rings. The molecule has 0 aliphatic carbocycles. The van der Waals surface area contributed by atoms with Crippen LogP contribution in [0, 0.1) is 18.3 Å². The number of benzene rings is 3. The summed E-state index contributed by atoms with van der Waals surface area (Å²) in [5.41, 5.74) is 1.66. The molecule has 0 fully saturated rings. The number of sulfone groups is 1. The Morgan fingerprint density at radius 3 is 2.28 bits per heavy atom. The molecule has 13 nitrogen and oxygen atoms in total. The van der Waals surface area contributed by atoms with Gasteiger partial charge in [-0.25, -0.2) is 23.0 Å². The minimum Gasteiger partial charge on any atom is -0.479 e. The molecule has 4 rings (SSSR count). The van der Waals surface area contributed by atoms with Crippen molar-refractivity contribution in [1.29, 1.82) is 5.26 Å². The molecule has 1 heterocycles. The summed E-state index contributed by atoms with van der Waals surface area (Å²) in [5, 5.41) is 27.8. The summed E-state index contributed by atoms with van der Waals surface area (Å²) in [5.74, 6) is -1.28. The van der Waals surface area contributed by atoms with Crippen molar-refractivity contribution in [2.75, 3.05) is 21.4 Å². The molecule has 4 aromatic rings. The predicted molar refractivity (Wildman–Crippen MR) is 207 cm³/mol. The van der Waals surface area contributed by atoms with Crippen molar-refractivity contribution in [2.24, 2.45) is 0 Å². The van der Waals surface area contributed by atoms with Gasteiger partial charge in [0.05, 0.1) is 21.8 Å². The highest BCUT2D eigenvalue weighted by Gasteiger charge is 2.31. The van der Waals surface area contributed by atoms with Gasteiger partial charge in [-0.15, -0.1) is 5.06 Å². The molecule has 1 aromatic heterocycles. The average Bonchev–Trinajstić information content (AvgIpc) is 3.08. The Kier molecular flexibility index (Phi) is 12.7. The monoisotopic (exact) mass is 757 g/mol. The van der Waals surface area contributed by atoms with Gasteiger partial charge in [-0.3, -0.25) is 9.63 Å². The summed E-state index contributed by atoms with van der Waals surface area (Å²) < 4.78 is 30.1. The van der Waals surface area contributed by atoms with Gasteiger partial charge < -0.3 is 20.5 Å². The van der Waals surface area contributed by atoms with E-state index in [0.29, 0.717) is 40.6 Å². The van der Waals surface area contributed by atoms with Gasteiger partial charge in [-0.2, -0.15) is 5.26 Å². The molecule has 54 heavy (non-hydrogen) atoms. The Balaban J connectivity index is 1.46. The molecule has 0 saturated carbocycles. The summed E-state index contributed by atoms with van der Waals surface area (Å²) in [6.45, 7) is 14.1. The molecule has 3 aromatic carbocycles. The van der Waals surface area contributed by atoms with Crippen LogP contribution in [0.3, 0.4) is 0 Å². The maximum Gasteiger partial charge on any atom is 0.440 e. The van der Waals surface area contributed by atoms with E-state index >= 15 is 0 Å². The van der Waals surface area contributed by atoms with Gasteiger partial charge in [0, 0.05) is 29.4 Å². The van der Waals surface area contributed by atoms with Crippen LogP contribution in [-0.4, -0.2) is 53.4 Å². The topological polar surface area (TPSA) is 188 Å². The molecular weight excluding hydrogens is 711 g/mol. The lowest BCUT2D eigenvalue weighted by Crippen LogP contribution is -2.42. The number of aryl methyl sites for hydroxylation is 2. The highest BCUT2D eigenvalue weighted by Crippen LogP contribution is 2.32. The molecule has 0 bridgehead atoms. The Morgan fingerprint density at radius 1 is 0.963 bits per heavy atom. The number of rotatable bonds is 13. The van der Waals surface area contributed by atoms with Gasteiger partial charge in [0.25, 0.3) is 0 Å². The summed E-state index contributed by atoms with van der Waals surface area (Å²) in [6.07, 6.45) is 2.04.